The molecule has 19 heavy (non-hydrogen) atoms. The highest BCUT2D eigenvalue weighted by Gasteiger charge is 2.04. The van der Waals surface area contributed by atoms with Crippen molar-refractivity contribution in [2.24, 2.45) is 0 Å². The molecular weight excluding hydrogens is 254 g/mol. The molecule has 0 aliphatic rings. The number of nitrogens with zero attached hydrogens (tertiary/aromatic N) is 1. The smallest absolute Gasteiger partial charge is 0.180 e. The monoisotopic (exact) mass is 271 g/mol. The van der Waals surface area contributed by atoms with Crippen molar-refractivity contribution >= 4 is 33.3 Å². The quantitative estimate of drug-likeness (QED) is 0.787. The summed E-state index contributed by atoms with van der Waals surface area (Å²) >= 11 is 1.72. The fourth-order valence-corrected chi connectivity index (χ4v) is 2.90. The summed E-state index contributed by atoms with van der Waals surface area (Å²) in [7, 11) is 3.78. The van der Waals surface area contributed by atoms with E-state index in [1.807, 2.05) is 37.2 Å². The molecule has 0 fully saturated rings. The molecule has 3 heteroatoms. The largest absolute Gasteiger partial charge is 0.383 e. The average Bonchev–Trinajstić information content (AvgIpc) is 2.71. The summed E-state index contributed by atoms with van der Waals surface area (Å²) < 4.78 is 1.26. The molecule has 0 unspecified atom stereocenters. The van der Waals surface area contributed by atoms with Crippen LogP contribution in [0.5, 0.6) is 0 Å². The van der Waals surface area contributed by atoms with Crippen LogP contribution >= 0.6 is 11.3 Å². The van der Waals surface area contributed by atoms with Crippen LogP contribution in [0, 0.1) is 6.92 Å². The third kappa shape index (κ3) is 3.32. The molecule has 2 aromatic rings. The van der Waals surface area contributed by atoms with Crippen LogP contribution in [0.2, 0.25) is 0 Å². The Labute approximate surface area is 117 Å². The van der Waals surface area contributed by atoms with Crippen LogP contribution in [-0.2, 0) is 4.79 Å². The van der Waals surface area contributed by atoms with E-state index in [1.54, 1.807) is 29.7 Å². The molecule has 1 aromatic carbocycles. The number of ketones is 1. The van der Waals surface area contributed by atoms with Gasteiger partial charge in [0.1, 0.15) is 0 Å². The van der Waals surface area contributed by atoms with E-state index in [1.165, 1.54) is 15.6 Å². The molecule has 0 amide bonds. The van der Waals surface area contributed by atoms with Crippen molar-refractivity contribution in [3.8, 4) is 0 Å². The molecule has 1 heterocycles. The van der Waals surface area contributed by atoms with Gasteiger partial charge in [0.15, 0.2) is 5.78 Å². The van der Waals surface area contributed by atoms with E-state index in [0.29, 0.717) is 0 Å². The van der Waals surface area contributed by atoms with Crippen LogP contribution < -0.4 is 0 Å². The van der Waals surface area contributed by atoms with Crippen molar-refractivity contribution in [3.63, 3.8) is 0 Å². The van der Waals surface area contributed by atoms with Crippen molar-refractivity contribution in [2.45, 2.75) is 6.92 Å². The van der Waals surface area contributed by atoms with E-state index in [0.717, 1.165) is 4.88 Å². The fourth-order valence-electron chi connectivity index (χ4n) is 1.79. The lowest BCUT2D eigenvalue weighted by Gasteiger charge is -2.01. The zero-order valence-corrected chi connectivity index (χ0v) is 12.2. The lowest BCUT2D eigenvalue weighted by Crippen LogP contribution is -2.01. The molecule has 0 bridgehead atoms. The minimum atomic E-state index is 0.00514. The molecular formula is C16H17NOS. The lowest BCUT2D eigenvalue weighted by molar-refractivity contribution is -0.110. The second-order valence-corrected chi connectivity index (χ2v) is 5.69. The van der Waals surface area contributed by atoms with Crippen LogP contribution in [-0.4, -0.2) is 24.8 Å². The Kier molecular flexibility index (Phi) is 4.17. The number of benzene rings is 1. The first kappa shape index (κ1) is 13.6. The molecule has 0 atom stereocenters. The van der Waals surface area contributed by atoms with Crippen molar-refractivity contribution < 1.29 is 4.79 Å². The van der Waals surface area contributed by atoms with Gasteiger partial charge in [0.05, 0.1) is 0 Å². The highest BCUT2D eigenvalue weighted by Crippen LogP contribution is 2.31. The highest BCUT2D eigenvalue weighted by atomic mass is 32.1. The van der Waals surface area contributed by atoms with Crippen molar-refractivity contribution in [1.29, 1.82) is 0 Å². The number of thiophene rings is 1. The number of rotatable bonds is 4. The number of fused-ring (bicyclic) bond motifs is 1. The van der Waals surface area contributed by atoms with E-state index in [-0.39, 0.29) is 5.78 Å². The standard InChI is InChI=1S/C16H17NOS/c1-12-14-6-4-5-7-16(14)19-15(12)9-8-13(18)10-11-17(2)3/h4-11H,1-3H3/b9-8+,11-10-. The number of carbonyl (C=O) groups is 1. The number of hydrogen-bond donors (Lipinski definition) is 0. The summed E-state index contributed by atoms with van der Waals surface area (Å²) in [6, 6.07) is 8.31. The van der Waals surface area contributed by atoms with Gasteiger partial charge in [0, 0.05) is 35.9 Å². The molecule has 0 spiro atoms. The third-order valence-corrected chi connectivity index (χ3v) is 4.05. The highest BCUT2D eigenvalue weighted by molar-refractivity contribution is 7.20. The SMILES string of the molecule is Cc1c(/C=C/C(=O)/C=C\N(C)C)sc2ccccc12. The summed E-state index contributed by atoms with van der Waals surface area (Å²) in [4.78, 5) is 14.6. The van der Waals surface area contributed by atoms with E-state index in [9.17, 15) is 4.79 Å². The van der Waals surface area contributed by atoms with Gasteiger partial charge in [-0.05, 0) is 36.1 Å². The Morgan fingerprint density at radius 2 is 1.95 bits per heavy atom. The minimum absolute atomic E-state index is 0.00514. The molecule has 2 rings (SSSR count). The molecule has 0 saturated carbocycles. The van der Waals surface area contributed by atoms with Gasteiger partial charge in [0.2, 0.25) is 0 Å². The first-order chi connectivity index (χ1) is 9.08. The van der Waals surface area contributed by atoms with Gasteiger partial charge in [-0.15, -0.1) is 11.3 Å². The summed E-state index contributed by atoms with van der Waals surface area (Å²) in [5.41, 5.74) is 1.24. The summed E-state index contributed by atoms with van der Waals surface area (Å²) in [5.74, 6) is 0.00514. The van der Waals surface area contributed by atoms with Crippen LogP contribution in [0.25, 0.3) is 16.2 Å². The molecule has 0 radical (unpaired) electrons. The van der Waals surface area contributed by atoms with E-state index < -0.39 is 0 Å². The Balaban J connectivity index is 2.22. The van der Waals surface area contributed by atoms with Crippen LogP contribution in [0.4, 0.5) is 0 Å². The average molecular weight is 271 g/mol. The predicted molar refractivity (Wildman–Crippen MR) is 83.4 cm³/mol. The van der Waals surface area contributed by atoms with Gasteiger partial charge >= 0.3 is 0 Å². The minimum Gasteiger partial charge on any atom is -0.383 e. The predicted octanol–water partition coefficient (Wildman–Crippen LogP) is 3.87. The van der Waals surface area contributed by atoms with Gasteiger partial charge in [-0.1, -0.05) is 18.2 Å². The second kappa shape index (κ2) is 5.85. The molecule has 98 valence electrons. The topological polar surface area (TPSA) is 20.3 Å². The Morgan fingerprint density at radius 1 is 1.21 bits per heavy atom. The molecule has 0 aliphatic heterocycles. The first-order valence-electron chi connectivity index (χ1n) is 6.13. The molecule has 0 saturated heterocycles. The first-order valence-corrected chi connectivity index (χ1v) is 6.94. The van der Waals surface area contributed by atoms with Crippen molar-refractivity contribution in [1.82, 2.24) is 4.90 Å². The lowest BCUT2D eigenvalue weighted by atomic mass is 10.1. The second-order valence-electron chi connectivity index (χ2n) is 4.60. The van der Waals surface area contributed by atoms with Crippen LogP contribution in [0.1, 0.15) is 10.4 Å². The van der Waals surface area contributed by atoms with Crippen LogP contribution in [0.3, 0.4) is 0 Å². The van der Waals surface area contributed by atoms with Crippen molar-refractivity contribution in [3.05, 3.63) is 53.1 Å². The van der Waals surface area contributed by atoms with Gasteiger partial charge in [-0.3, -0.25) is 4.79 Å². The molecule has 0 aliphatic carbocycles. The van der Waals surface area contributed by atoms with Gasteiger partial charge < -0.3 is 4.90 Å². The van der Waals surface area contributed by atoms with Gasteiger partial charge in [0.25, 0.3) is 0 Å². The molecule has 2 nitrogen and oxygen atoms in total. The Bertz CT molecular complexity index is 650. The number of carbonyl (C=O) groups excluding carboxylic acids is 1. The summed E-state index contributed by atoms with van der Waals surface area (Å²) in [6.45, 7) is 2.10. The van der Waals surface area contributed by atoms with E-state index >= 15 is 0 Å². The van der Waals surface area contributed by atoms with E-state index in [4.69, 9.17) is 0 Å². The number of hydrogen-bond acceptors (Lipinski definition) is 3. The fraction of sp³-hybridized carbons (Fsp3) is 0.188. The zero-order valence-electron chi connectivity index (χ0n) is 11.4. The zero-order chi connectivity index (χ0) is 13.8. The Morgan fingerprint density at radius 3 is 2.63 bits per heavy atom. The van der Waals surface area contributed by atoms with Crippen molar-refractivity contribution in [2.75, 3.05) is 14.1 Å². The molecule has 1 aromatic heterocycles. The maximum atomic E-state index is 11.7. The normalized spacial score (nSPS) is 11.7. The van der Waals surface area contributed by atoms with Crippen LogP contribution in [0.15, 0.2) is 42.6 Å². The van der Waals surface area contributed by atoms with E-state index in [2.05, 4.69) is 19.1 Å². The maximum Gasteiger partial charge on any atom is 0.180 e. The summed E-state index contributed by atoms with van der Waals surface area (Å²) in [5, 5.41) is 1.27. The van der Waals surface area contributed by atoms with Gasteiger partial charge in [-0.2, -0.15) is 0 Å². The third-order valence-electron chi connectivity index (χ3n) is 2.82. The molecule has 0 N–H and O–H groups in total. The maximum absolute atomic E-state index is 11.7. The Hall–Kier alpha value is -1.87. The van der Waals surface area contributed by atoms with Gasteiger partial charge in [-0.25, -0.2) is 0 Å². The number of allylic oxidation sites excluding steroid dienone is 2. The summed E-state index contributed by atoms with van der Waals surface area (Å²) in [6.07, 6.45) is 6.85. The number of aryl methyl sites for hydroxylation is 1.